The van der Waals surface area contributed by atoms with Crippen molar-refractivity contribution in [2.45, 2.75) is 24.5 Å². The number of sulfonamides is 1. The van der Waals surface area contributed by atoms with Crippen LogP contribution in [0, 0.1) is 0 Å². The number of aliphatic hydroxyl groups is 1. The summed E-state index contributed by atoms with van der Waals surface area (Å²) in [6, 6.07) is 3.86. The second-order valence-corrected chi connectivity index (χ2v) is 6.01. The largest absolute Gasteiger partial charge is 0.392 e. The first-order valence-electron chi connectivity index (χ1n) is 5.31. The molecule has 0 heterocycles. The van der Waals surface area contributed by atoms with Gasteiger partial charge in [-0.2, -0.15) is 0 Å². The Morgan fingerprint density at radius 3 is 2.67 bits per heavy atom. The van der Waals surface area contributed by atoms with Gasteiger partial charge in [0.25, 0.3) is 0 Å². The van der Waals surface area contributed by atoms with Gasteiger partial charge in [-0.1, -0.05) is 17.7 Å². The van der Waals surface area contributed by atoms with E-state index in [0.29, 0.717) is 5.56 Å². The van der Waals surface area contributed by atoms with E-state index in [1.54, 1.807) is 6.92 Å². The number of aliphatic hydroxyl groups excluding tert-OH is 1. The summed E-state index contributed by atoms with van der Waals surface area (Å²) in [5, 5.41) is 9.18. The van der Waals surface area contributed by atoms with E-state index in [0.717, 1.165) is 0 Å². The van der Waals surface area contributed by atoms with E-state index in [1.165, 1.54) is 25.3 Å². The minimum Gasteiger partial charge on any atom is -0.392 e. The molecule has 0 aliphatic carbocycles. The molecule has 0 aromatic heterocycles. The van der Waals surface area contributed by atoms with Gasteiger partial charge in [-0.05, 0) is 24.6 Å². The number of benzene rings is 1. The third-order valence-corrected chi connectivity index (χ3v) is 4.22. The first-order valence-corrected chi connectivity index (χ1v) is 7.17. The molecular weight excluding hydrogens is 278 g/mol. The van der Waals surface area contributed by atoms with Crippen molar-refractivity contribution in [3.63, 3.8) is 0 Å². The Hall–Kier alpha value is -0.660. The number of rotatable bonds is 6. The maximum atomic E-state index is 12.0. The third kappa shape index (κ3) is 3.93. The molecule has 1 unspecified atom stereocenters. The summed E-state index contributed by atoms with van der Waals surface area (Å²) in [6.07, 6.45) is 0. The lowest BCUT2D eigenvalue weighted by atomic mass is 10.2. The number of halogens is 1. The van der Waals surface area contributed by atoms with Crippen molar-refractivity contribution < 1.29 is 18.3 Å². The fraction of sp³-hybridized carbons (Fsp3) is 0.455. The second-order valence-electron chi connectivity index (χ2n) is 3.89. The van der Waals surface area contributed by atoms with E-state index in [4.69, 9.17) is 21.4 Å². The molecule has 0 amide bonds. The van der Waals surface area contributed by atoms with Crippen LogP contribution in [-0.2, 0) is 21.4 Å². The molecule has 0 saturated carbocycles. The molecule has 1 rings (SSSR count). The van der Waals surface area contributed by atoms with Crippen molar-refractivity contribution in [3.05, 3.63) is 28.8 Å². The van der Waals surface area contributed by atoms with Crippen LogP contribution >= 0.6 is 11.6 Å². The minimum atomic E-state index is -3.63. The molecule has 0 spiro atoms. The van der Waals surface area contributed by atoms with Gasteiger partial charge in [0.2, 0.25) is 10.0 Å². The molecule has 0 saturated heterocycles. The fourth-order valence-corrected chi connectivity index (χ4v) is 3.00. The fourth-order valence-electron chi connectivity index (χ4n) is 1.44. The Morgan fingerprint density at radius 2 is 2.17 bits per heavy atom. The van der Waals surface area contributed by atoms with Crippen LogP contribution in [0.25, 0.3) is 0 Å². The Morgan fingerprint density at radius 1 is 1.50 bits per heavy atom. The van der Waals surface area contributed by atoms with E-state index in [-0.39, 0.29) is 29.2 Å². The van der Waals surface area contributed by atoms with Crippen LogP contribution in [0.1, 0.15) is 12.5 Å². The zero-order valence-electron chi connectivity index (χ0n) is 10.2. The van der Waals surface area contributed by atoms with Crippen LogP contribution in [-0.4, -0.2) is 33.3 Å². The predicted octanol–water partition coefficient (Wildman–Crippen LogP) is 1.15. The minimum absolute atomic E-state index is 0.0626. The van der Waals surface area contributed by atoms with Crippen LogP contribution in [0.3, 0.4) is 0 Å². The molecule has 102 valence electrons. The lowest BCUT2D eigenvalue weighted by Crippen LogP contribution is -2.35. The van der Waals surface area contributed by atoms with Gasteiger partial charge in [0.1, 0.15) is 0 Å². The number of nitrogens with one attached hydrogen (secondary N) is 1. The molecule has 0 radical (unpaired) electrons. The van der Waals surface area contributed by atoms with Crippen LogP contribution < -0.4 is 4.72 Å². The van der Waals surface area contributed by atoms with E-state index >= 15 is 0 Å². The first-order chi connectivity index (χ1) is 8.40. The van der Waals surface area contributed by atoms with Crippen molar-refractivity contribution in [1.82, 2.24) is 4.72 Å². The number of hydrogen-bond acceptors (Lipinski definition) is 4. The quantitative estimate of drug-likeness (QED) is 0.825. The topological polar surface area (TPSA) is 75.6 Å². The zero-order chi connectivity index (χ0) is 13.8. The van der Waals surface area contributed by atoms with Crippen LogP contribution in [0.5, 0.6) is 0 Å². The average Bonchev–Trinajstić information content (AvgIpc) is 2.28. The van der Waals surface area contributed by atoms with E-state index < -0.39 is 10.0 Å². The summed E-state index contributed by atoms with van der Waals surface area (Å²) < 4.78 is 31.3. The first kappa shape index (κ1) is 15.4. The van der Waals surface area contributed by atoms with Crippen molar-refractivity contribution in [2.24, 2.45) is 0 Å². The molecule has 7 heteroatoms. The van der Waals surface area contributed by atoms with Crippen LogP contribution in [0.2, 0.25) is 5.02 Å². The van der Waals surface area contributed by atoms with Crippen molar-refractivity contribution in [2.75, 3.05) is 13.7 Å². The monoisotopic (exact) mass is 293 g/mol. The lowest BCUT2D eigenvalue weighted by molar-refractivity contribution is 0.180. The van der Waals surface area contributed by atoms with Crippen molar-refractivity contribution in [1.29, 1.82) is 0 Å². The number of ether oxygens (including phenoxy) is 1. The summed E-state index contributed by atoms with van der Waals surface area (Å²) in [6.45, 7) is 1.75. The Bertz CT molecular complexity index is 504. The second kappa shape index (κ2) is 6.49. The summed E-state index contributed by atoms with van der Waals surface area (Å²) in [7, 11) is -2.13. The number of methoxy groups -OCH3 is 1. The van der Waals surface area contributed by atoms with E-state index in [9.17, 15) is 8.42 Å². The average molecular weight is 294 g/mol. The smallest absolute Gasteiger partial charge is 0.240 e. The van der Waals surface area contributed by atoms with Gasteiger partial charge in [0.15, 0.2) is 0 Å². The van der Waals surface area contributed by atoms with Gasteiger partial charge in [-0.25, -0.2) is 13.1 Å². The third-order valence-electron chi connectivity index (χ3n) is 2.28. The molecule has 0 aliphatic rings. The van der Waals surface area contributed by atoms with Gasteiger partial charge in [-0.15, -0.1) is 0 Å². The molecular formula is C11H16ClNO4S. The lowest BCUT2D eigenvalue weighted by Gasteiger charge is -2.13. The molecule has 0 aliphatic heterocycles. The normalized spacial score (nSPS) is 13.6. The summed E-state index contributed by atoms with van der Waals surface area (Å²) in [4.78, 5) is 0.0626. The molecule has 1 aromatic carbocycles. The standard InChI is InChI=1S/C11H16ClNO4S/c1-8(7-17-2)13-18(15,16)10-4-3-9(6-14)11(12)5-10/h3-5,8,13-14H,6-7H2,1-2H3. The molecule has 18 heavy (non-hydrogen) atoms. The molecule has 1 atom stereocenters. The highest BCUT2D eigenvalue weighted by atomic mass is 35.5. The maximum absolute atomic E-state index is 12.0. The van der Waals surface area contributed by atoms with Crippen molar-refractivity contribution >= 4 is 21.6 Å². The van der Waals surface area contributed by atoms with Crippen LogP contribution in [0.4, 0.5) is 0 Å². The van der Waals surface area contributed by atoms with Crippen molar-refractivity contribution in [3.8, 4) is 0 Å². The van der Waals surface area contributed by atoms with Gasteiger partial charge in [0.05, 0.1) is 18.1 Å². The zero-order valence-corrected chi connectivity index (χ0v) is 11.8. The molecule has 2 N–H and O–H groups in total. The molecule has 0 bridgehead atoms. The van der Waals surface area contributed by atoms with Gasteiger partial charge in [0, 0.05) is 18.2 Å². The SMILES string of the molecule is COCC(C)NS(=O)(=O)c1ccc(CO)c(Cl)c1. The predicted molar refractivity (Wildman–Crippen MR) is 69.0 cm³/mol. The Kier molecular flexibility index (Phi) is 5.55. The summed E-state index contributed by atoms with van der Waals surface area (Å²) in [5.41, 5.74) is 0.487. The molecule has 5 nitrogen and oxygen atoms in total. The highest BCUT2D eigenvalue weighted by Crippen LogP contribution is 2.20. The van der Waals surface area contributed by atoms with Gasteiger partial charge >= 0.3 is 0 Å². The van der Waals surface area contributed by atoms with E-state index in [1.807, 2.05) is 0 Å². The molecule has 1 aromatic rings. The summed E-state index contributed by atoms with van der Waals surface area (Å²) in [5.74, 6) is 0. The van der Waals surface area contributed by atoms with Crippen LogP contribution in [0.15, 0.2) is 23.1 Å². The highest BCUT2D eigenvalue weighted by molar-refractivity contribution is 7.89. The van der Waals surface area contributed by atoms with Gasteiger partial charge < -0.3 is 9.84 Å². The molecule has 0 fully saturated rings. The van der Waals surface area contributed by atoms with E-state index in [2.05, 4.69) is 4.72 Å². The Balaban J connectivity index is 2.95. The van der Waals surface area contributed by atoms with Gasteiger partial charge in [-0.3, -0.25) is 0 Å². The maximum Gasteiger partial charge on any atom is 0.240 e. The summed E-state index contributed by atoms with van der Waals surface area (Å²) >= 11 is 5.86. The number of hydrogen-bond donors (Lipinski definition) is 2. The Labute approximate surface area is 112 Å². The highest BCUT2D eigenvalue weighted by Gasteiger charge is 2.18.